The van der Waals surface area contributed by atoms with Gasteiger partial charge in [0.25, 0.3) is 0 Å². The number of hydrogen-bond acceptors (Lipinski definition) is 4. The molecule has 0 bridgehead atoms. The lowest BCUT2D eigenvalue weighted by atomic mass is 9.93. The highest BCUT2D eigenvalue weighted by Crippen LogP contribution is 2.28. The number of nitrogens with zero attached hydrogens (tertiary/aromatic N) is 3. The quantitative estimate of drug-likeness (QED) is 0.834. The van der Waals surface area contributed by atoms with Crippen molar-refractivity contribution in [2.24, 2.45) is 5.92 Å². The number of carbonyl (C=O) groups excluding carboxylic acids is 1. The molecule has 1 amide bonds. The summed E-state index contributed by atoms with van der Waals surface area (Å²) >= 11 is 1.78. The van der Waals surface area contributed by atoms with Gasteiger partial charge in [-0.05, 0) is 37.4 Å². The summed E-state index contributed by atoms with van der Waals surface area (Å²) in [5.41, 5.74) is 1.24. The second-order valence-corrected chi connectivity index (χ2v) is 7.81. The molecule has 0 radical (unpaired) electrons. The zero-order chi connectivity index (χ0) is 16.9. The fraction of sp³-hybridized carbons (Fsp3) is 0.474. The Labute approximate surface area is 148 Å². The average molecular weight is 343 g/mol. The normalized spacial score (nSPS) is 16.2. The van der Waals surface area contributed by atoms with Crippen molar-refractivity contribution < 1.29 is 4.79 Å². The zero-order valence-corrected chi connectivity index (χ0v) is 15.3. The van der Waals surface area contributed by atoms with Crippen LogP contribution in [-0.4, -0.2) is 47.9 Å². The first kappa shape index (κ1) is 17.1. The molecule has 0 atom stereocenters. The summed E-state index contributed by atoms with van der Waals surface area (Å²) in [5.74, 6) is 0.785. The summed E-state index contributed by atoms with van der Waals surface area (Å²) < 4.78 is 0. The second kappa shape index (κ2) is 7.90. The number of thiazole rings is 1. The third kappa shape index (κ3) is 4.42. The number of aromatic nitrogens is 1. The molecular weight excluding hydrogens is 318 g/mol. The van der Waals surface area contributed by atoms with Gasteiger partial charge in [0.2, 0.25) is 5.91 Å². The zero-order valence-electron chi connectivity index (χ0n) is 14.4. The summed E-state index contributed by atoms with van der Waals surface area (Å²) in [6.07, 6.45) is 4.89. The Morgan fingerprint density at radius 2 is 1.96 bits per heavy atom. The van der Waals surface area contributed by atoms with Crippen LogP contribution in [0.25, 0.3) is 10.4 Å². The first-order valence-electron chi connectivity index (χ1n) is 8.54. The van der Waals surface area contributed by atoms with Gasteiger partial charge in [-0.2, -0.15) is 0 Å². The molecule has 0 spiro atoms. The summed E-state index contributed by atoms with van der Waals surface area (Å²) in [5, 5.41) is 1.18. The second-order valence-electron chi connectivity index (χ2n) is 6.70. The first-order valence-corrected chi connectivity index (χ1v) is 9.36. The molecule has 4 nitrogen and oxygen atoms in total. The molecule has 1 fully saturated rings. The summed E-state index contributed by atoms with van der Waals surface area (Å²) in [6.45, 7) is 3.04. The van der Waals surface area contributed by atoms with Crippen LogP contribution in [-0.2, 0) is 11.3 Å². The molecule has 0 unspecified atom stereocenters. The topological polar surface area (TPSA) is 36.4 Å². The van der Waals surface area contributed by atoms with E-state index >= 15 is 0 Å². The van der Waals surface area contributed by atoms with Crippen LogP contribution in [0.15, 0.2) is 36.5 Å². The monoisotopic (exact) mass is 343 g/mol. The maximum Gasteiger partial charge on any atom is 0.222 e. The minimum absolute atomic E-state index is 0.251. The van der Waals surface area contributed by atoms with E-state index in [0.717, 1.165) is 32.5 Å². The van der Waals surface area contributed by atoms with Gasteiger partial charge in [0.1, 0.15) is 5.01 Å². The number of hydrogen-bond donors (Lipinski definition) is 0. The van der Waals surface area contributed by atoms with Crippen LogP contribution in [0.3, 0.4) is 0 Å². The number of benzene rings is 1. The van der Waals surface area contributed by atoms with E-state index < -0.39 is 0 Å². The number of carbonyl (C=O) groups is 1. The van der Waals surface area contributed by atoms with E-state index in [9.17, 15) is 4.79 Å². The molecule has 1 aromatic heterocycles. The lowest BCUT2D eigenvalue weighted by Crippen LogP contribution is -2.35. The molecule has 0 N–H and O–H groups in total. The predicted molar refractivity (Wildman–Crippen MR) is 98.9 cm³/mol. The van der Waals surface area contributed by atoms with Crippen molar-refractivity contribution in [1.29, 1.82) is 0 Å². The highest BCUT2D eigenvalue weighted by molar-refractivity contribution is 7.15. The fourth-order valence-electron chi connectivity index (χ4n) is 3.09. The van der Waals surface area contributed by atoms with E-state index in [-0.39, 0.29) is 5.91 Å². The summed E-state index contributed by atoms with van der Waals surface area (Å²) in [6, 6.07) is 10.4. The molecule has 0 aliphatic carbocycles. The molecule has 3 rings (SSSR count). The minimum Gasteiger partial charge on any atom is -0.349 e. The molecular formula is C19H25N3OS. The van der Waals surface area contributed by atoms with Crippen molar-refractivity contribution in [1.82, 2.24) is 14.8 Å². The lowest BCUT2D eigenvalue weighted by molar-refractivity contribution is -0.130. The molecule has 1 aliphatic rings. The van der Waals surface area contributed by atoms with Crippen molar-refractivity contribution in [2.75, 3.05) is 27.2 Å². The Morgan fingerprint density at radius 3 is 2.62 bits per heavy atom. The molecule has 1 aliphatic heterocycles. The number of likely N-dealkylation sites (tertiary alicyclic amines) is 1. The van der Waals surface area contributed by atoms with Crippen molar-refractivity contribution in [3.63, 3.8) is 0 Å². The van der Waals surface area contributed by atoms with E-state index in [0.29, 0.717) is 12.3 Å². The molecule has 24 heavy (non-hydrogen) atoms. The van der Waals surface area contributed by atoms with Gasteiger partial charge < -0.3 is 4.90 Å². The number of amides is 1. The Kier molecular flexibility index (Phi) is 5.63. The van der Waals surface area contributed by atoms with Gasteiger partial charge in [0.05, 0.1) is 11.4 Å². The van der Waals surface area contributed by atoms with Crippen LogP contribution >= 0.6 is 11.3 Å². The fourth-order valence-corrected chi connectivity index (χ4v) is 4.05. The van der Waals surface area contributed by atoms with Crippen molar-refractivity contribution in [3.8, 4) is 10.4 Å². The van der Waals surface area contributed by atoms with Gasteiger partial charge in [-0.3, -0.25) is 9.69 Å². The van der Waals surface area contributed by atoms with E-state index in [2.05, 4.69) is 34.1 Å². The van der Waals surface area contributed by atoms with E-state index in [4.69, 9.17) is 0 Å². The molecule has 1 aromatic carbocycles. The van der Waals surface area contributed by atoms with Crippen LogP contribution in [0.2, 0.25) is 0 Å². The van der Waals surface area contributed by atoms with Crippen molar-refractivity contribution >= 4 is 17.2 Å². The van der Waals surface area contributed by atoms with Gasteiger partial charge in [-0.15, -0.1) is 11.3 Å². The lowest BCUT2D eigenvalue weighted by Gasteiger charge is -2.31. The molecule has 0 saturated carbocycles. The Balaban J connectivity index is 1.50. The van der Waals surface area contributed by atoms with Gasteiger partial charge in [-0.25, -0.2) is 4.98 Å². The van der Waals surface area contributed by atoms with Gasteiger partial charge in [0.15, 0.2) is 0 Å². The molecule has 5 heteroatoms. The smallest absolute Gasteiger partial charge is 0.222 e. The van der Waals surface area contributed by atoms with Crippen LogP contribution in [0, 0.1) is 5.92 Å². The standard InChI is InChI=1S/C19H25N3OS/c1-21(2)19(23)12-15-8-10-22(11-9-15)14-18-20-13-17(24-18)16-6-4-3-5-7-16/h3-7,13,15H,8-12,14H2,1-2H3. The first-order chi connectivity index (χ1) is 11.6. The molecule has 1 saturated heterocycles. The number of piperidine rings is 1. The van der Waals surface area contributed by atoms with E-state index in [1.807, 2.05) is 26.4 Å². The maximum absolute atomic E-state index is 11.8. The van der Waals surface area contributed by atoms with Crippen LogP contribution < -0.4 is 0 Å². The van der Waals surface area contributed by atoms with Crippen LogP contribution in [0.4, 0.5) is 0 Å². The summed E-state index contributed by atoms with van der Waals surface area (Å²) in [4.78, 5) is 21.8. The van der Waals surface area contributed by atoms with Crippen LogP contribution in [0.5, 0.6) is 0 Å². The maximum atomic E-state index is 11.8. The third-order valence-corrected chi connectivity index (χ3v) is 5.67. The van der Waals surface area contributed by atoms with E-state index in [1.165, 1.54) is 15.4 Å². The van der Waals surface area contributed by atoms with Gasteiger partial charge in [0, 0.05) is 26.7 Å². The molecule has 2 aromatic rings. The highest BCUT2D eigenvalue weighted by Gasteiger charge is 2.22. The summed E-state index contributed by atoms with van der Waals surface area (Å²) in [7, 11) is 3.68. The van der Waals surface area contributed by atoms with Crippen molar-refractivity contribution in [2.45, 2.75) is 25.8 Å². The number of rotatable bonds is 5. The highest BCUT2D eigenvalue weighted by atomic mass is 32.1. The van der Waals surface area contributed by atoms with Crippen molar-refractivity contribution in [3.05, 3.63) is 41.5 Å². The Bertz CT molecular complexity index is 660. The molecule has 128 valence electrons. The third-order valence-electron chi connectivity index (χ3n) is 4.64. The SMILES string of the molecule is CN(C)C(=O)CC1CCN(Cc2ncc(-c3ccccc3)s2)CC1. The largest absolute Gasteiger partial charge is 0.349 e. The molecule has 2 heterocycles. The van der Waals surface area contributed by atoms with Gasteiger partial charge in [-0.1, -0.05) is 30.3 Å². The average Bonchev–Trinajstić information content (AvgIpc) is 3.06. The van der Waals surface area contributed by atoms with E-state index in [1.54, 1.807) is 16.2 Å². The van der Waals surface area contributed by atoms with Crippen LogP contribution in [0.1, 0.15) is 24.3 Å². The Hall–Kier alpha value is -1.72. The minimum atomic E-state index is 0.251. The van der Waals surface area contributed by atoms with Gasteiger partial charge >= 0.3 is 0 Å². The predicted octanol–water partition coefficient (Wildman–Crippen LogP) is 3.50. The Morgan fingerprint density at radius 1 is 1.25 bits per heavy atom.